The van der Waals surface area contributed by atoms with Crippen LogP contribution in [0.15, 0.2) is 30.3 Å². The van der Waals surface area contributed by atoms with Crippen molar-refractivity contribution in [3.05, 3.63) is 42.0 Å². The summed E-state index contributed by atoms with van der Waals surface area (Å²) >= 11 is 0. The highest BCUT2D eigenvalue weighted by atomic mass is 19.1. The molecule has 0 radical (unpaired) electrons. The van der Waals surface area contributed by atoms with Gasteiger partial charge in [-0.05, 0) is 18.6 Å². The molecule has 0 fully saturated rings. The minimum Gasteiger partial charge on any atom is -0.373 e. The van der Waals surface area contributed by atoms with E-state index in [4.69, 9.17) is 0 Å². The van der Waals surface area contributed by atoms with Crippen LogP contribution >= 0.6 is 0 Å². The average Bonchev–Trinajstić information content (AvgIpc) is 2.39. The third-order valence-electron chi connectivity index (χ3n) is 2.62. The number of hydrogen-bond acceptors (Lipinski definition) is 3. The van der Waals surface area contributed by atoms with Gasteiger partial charge in [0.2, 0.25) is 0 Å². The Balaban J connectivity index is 2.46. The zero-order valence-corrected chi connectivity index (χ0v) is 10.6. The van der Waals surface area contributed by atoms with Gasteiger partial charge in [-0.1, -0.05) is 19.1 Å². The number of halogens is 1. The summed E-state index contributed by atoms with van der Waals surface area (Å²) in [5.74, 6) is 1.28. The third kappa shape index (κ3) is 2.83. The molecule has 18 heavy (non-hydrogen) atoms. The molecule has 0 amide bonds. The van der Waals surface area contributed by atoms with Crippen molar-refractivity contribution < 1.29 is 4.39 Å². The van der Waals surface area contributed by atoms with Crippen LogP contribution in [0.3, 0.4) is 0 Å². The first kappa shape index (κ1) is 12.5. The number of hydrogen-bond donors (Lipinski definition) is 1. The van der Waals surface area contributed by atoms with Crippen LogP contribution in [-0.2, 0) is 6.42 Å². The number of benzene rings is 1. The molecule has 0 bridgehead atoms. The second-order valence-electron chi connectivity index (χ2n) is 4.07. The molecule has 0 saturated carbocycles. The molecule has 0 saturated heterocycles. The molecule has 1 aromatic carbocycles. The first-order valence-corrected chi connectivity index (χ1v) is 6.04. The Morgan fingerprint density at radius 1 is 1.22 bits per heavy atom. The lowest BCUT2D eigenvalue weighted by atomic mass is 10.1. The molecule has 1 N–H and O–H groups in total. The van der Waals surface area contributed by atoms with E-state index in [1.54, 1.807) is 6.07 Å². The maximum atomic E-state index is 13.2. The highest BCUT2D eigenvalue weighted by molar-refractivity contribution is 5.62. The van der Waals surface area contributed by atoms with Gasteiger partial charge in [-0.15, -0.1) is 0 Å². The molecule has 1 aromatic heterocycles. The van der Waals surface area contributed by atoms with E-state index in [9.17, 15) is 4.39 Å². The van der Waals surface area contributed by atoms with E-state index in [0.29, 0.717) is 0 Å². The zero-order valence-electron chi connectivity index (χ0n) is 10.6. The van der Waals surface area contributed by atoms with E-state index in [1.807, 2.05) is 19.2 Å². The Bertz CT molecular complexity index is 540. The van der Waals surface area contributed by atoms with Crippen molar-refractivity contribution in [2.24, 2.45) is 0 Å². The molecule has 1 heterocycles. The van der Waals surface area contributed by atoms with Crippen LogP contribution in [0.25, 0.3) is 11.3 Å². The van der Waals surface area contributed by atoms with E-state index in [0.717, 1.165) is 35.7 Å². The van der Waals surface area contributed by atoms with Crippen LogP contribution in [0.2, 0.25) is 0 Å². The first-order chi connectivity index (χ1) is 8.72. The number of aromatic nitrogens is 2. The highest BCUT2D eigenvalue weighted by Crippen LogP contribution is 2.20. The molecule has 0 unspecified atom stereocenters. The van der Waals surface area contributed by atoms with Gasteiger partial charge < -0.3 is 5.32 Å². The molecule has 0 aliphatic carbocycles. The van der Waals surface area contributed by atoms with Gasteiger partial charge in [-0.25, -0.2) is 14.4 Å². The van der Waals surface area contributed by atoms with E-state index in [1.165, 1.54) is 12.1 Å². The van der Waals surface area contributed by atoms with Crippen LogP contribution in [0, 0.1) is 5.82 Å². The van der Waals surface area contributed by atoms with Crippen molar-refractivity contribution in [1.82, 2.24) is 9.97 Å². The van der Waals surface area contributed by atoms with Gasteiger partial charge in [-0.3, -0.25) is 0 Å². The Hall–Kier alpha value is -1.97. The first-order valence-electron chi connectivity index (χ1n) is 6.04. The van der Waals surface area contributed by atoms with Gasteiger partial charge in [0.1, 0.15) is 17.5 Å². The van der Waals surface area contributed by atoms with Crippen LogP contribution in [0.1, 0.15) is 19.2 Å². The standard InChI is InChI=1S/C14H16FN3/c1-3-5-13-17-12(9-14(16-2)18-13)10-6-4-7-11(15)8-10/h4,6-9H,3,5H2,1-2H3,(H,16,17,18). The molecule has 0 aliphatic rings. The minimum absolute atomic E-state index is 0.255. The zero-order chi connectivity index (χ0) is 13.0. The van der Waals surface area contributed by atoms with E-state index >= 15 is 0 Å². The molecular weight excluding hydrogens is 229 g/mol. The minimum atomic E-state index is -0.255. The number of nitrogens with one attached hydrogen (secondary N) is 1. The van der Waals surface area contributed by atoms with Gasteiger partial charge in [0.15, 0.2) is 0 Å². The topological polar surface area (TPSA) is 37.8 Å². The fourth-order valence-electron chi connectivity index (χ4n) is 1.76. The van der Waals surface area contributed by atoms with Crippen LogP contribution in [0.5, 0.6) is 0 Å². The predicted octanol–water partition coefficient (Wildman–Crippen LogP) is 3.28. The summed E-state index contributed by atoms with van der Waals surface area (Å²) in [7, 11) is 1.81. The molecule has 3 nitrogen and oxygen atoms in total. The van der Waals surface area contributed by atoms with Crippen molar-refractivity contribution in [2.45, 2.75) is 19.8 Å². The van der Waals surface area contributed by atoms with Crippen molar-refractivity contribution >= 4 is 5.82 Å². The maximum absolute atomic E-state index is 13.2. The number of aryl methyl sites for hydroxylation is 1. The molecule has 94 valence electrons. The monoisotopic (exact) mass is 245 g/mol. The summed E-state index contributed by atoms with van der Waals surface area (Å²) in [4.78, 5) is 8.84. The van der Waals surface area contributed by atoms with Crippen molar-refractivity contribution in [2.75, 3.05) is 12.4 Å². The number of nitrogens with zero attached hydrogens (tertiary/aromatic N) is 2. The van der Waals surface area contributed by atoms with Crippen LogP contribution in [-0.4, -0.2) is 17.0 Å². The second kappa shape index (κ2) is 5.58. The quantitative estimate of drug-likeness (QED) is 0.898. The Kier molecular flexibility index (Phi) is 3.87. The molecule has 2 aromatic rings. The summed E-state index contributed by atoms with van der Waals surface area (Å²) in [6.45, 7) is 2.08. The Morgan fingerprint density at radius 3 is 2.72 bits per heavy atom. The smallest absolute Gasteiger partial charge is 0.131 e. The van der Waals surface area contributed by atoms with E-state index in [2.05, 4.69) is 22.2 Å². The largest absolute Gasteiger partial charge is 0.373 e. The third-order valence-corrected chi connectivity index (χ3v) is 2.62. The maximum Gasteiger partial charge on any atom is 0.131 e. The van der Waals surface area contributed by atoms with Crippen LogP contribution in [0.4, 0.5) is 10.2 Å². The van der Waals surface area contributed by atoms with Crippen molar-refractivity contribution in [3.8, 4) is 11.3 Å². The normalized spacial score (nSPS) is 10.4. The summed E-state index contributed by atoms with van der Waals surface area (Å²) in [5.41, 5.74) is 1.52. The van der Waals surface area contributed by atoms with Gasteiger partial charge in [0.25, 0.3) is 0 Å². The van der Waals surface area contributed by atoms with Crippen LogP contribution < -0.4 is 5.32 Å². The van der Waals surface area contributed by atoms with Crippen molar-refractivity contribution in [1.29, 1.82) is 0 Å². The second-order valence-corrected chi connectivity index (χ2v) is 4.07. The fourth-order valence-corrected chi connectivity index (χ4v) is 1.76. The summed E-state index contributed by atoms with van der Waals surface area (Å²) < 4.78 is 13.2. The lowest BCUT2D eigenvalue weighted by Gasteiger charge is -2.07. The lowest BCUT2D eigenvalue weighted by molar-refractivity contribution is 0.628. The Morgan fingerprint density at radius 2 is 2.06 bits per heavy atom. The van der Waals surface area contributed by atoms with Crippen molar-refractivity contribution in [3.63, 3.8) is 0 Å². The number of anilines is 1. The Labute approximate surface area is 106 Å². The summed E-state index contributed by atoms with van der Waals surface area (Å²) in [6, 6.07) is 8.27. The SMILES string of the molecule is CCCc1nc(NC)cc(-c2cccc(F)c2)n1. The summed E-state index contributed by atoms with van der Waals surface area (Å²) in [6.07, 6.45) is 1.80. The van der Waals surface area contributed by atoms with Gasteiger partial charge in [0.05, 0.1) is 5.69 Å². The van der Waals surface area contributed by atoms with Gasteiger partial charge in [-0.2, -0.15) is 0 Å². The lowest BCUT2D eigenvalue weighted by Crippen LogP contribution is -2.01. The summed E-state index contributed by atoms with van der Waals surface area (Å²) in [5, 5.41) is 3.01. The fraction of sp³-hybridized carbons (Fsp3) is 0.286. The molecular formula is C14H16FN3. The van der Waals surface area contributed by atoms with E-state index < -0.39 is 0 Å². The van der Waals surface area contributed by atoms with E-state index in [-0.39, 0.29) is 5.82 Å². The van der Waals surface area contributed by atoms with Gasteiger partial charge in [0, 0.05) is 25.1 Å². The molecule has 0 spiro atoms. The molecule has 0 atom stereocenters. The highest BCUT2D eigenvalue weighted by Gasteiger charge is 2.06. The molecule has 2 rings (SSSR count). The molecule has 0 aliphatic heterocycles. The number of rotatable bonds is 4. The molecule has 4 heteroatoms. The average molecular weight is 245 g/mol. The predicted molar refractivity (Wildman–Crippen MR) is 71.0 cm³/mol. The van der Waals surface area contributed by atoms with Gasteiger partial charge >= 0.3 is 0 Å².